The first kappa shape index (κ1) is 17.4. The van der Waals surface area contributed by atoms with Crippen LogP contribution in [0.5, 0.6) is 0 Å². The van der Waals surface area contributed by atoms with Gasteiger partial charge < -0.3 is 11.1 Å². The molecule has 1 amide bonds. The molecular weight excluding hydrogens is 294 g/mol. The Morgan fingerprint density at radius 1 is 1.48 bits per heavy atom. The van der Waals surface area contributed by atoms with Gasteiger partial charge in [-0.15, -0.1) is 0 Å². The zero-order chi connectivity index (χ0) is 16.0. The van der Waals surface area contributed by atoms with Crippen LogP contribution in [0.2, 0.25) is 5.02 Å². The van der Waals surface area contributed by atoms with Crippen molar-refractivity contribution < 1.29 is 9.72 Å². The molecule has 0 saturated heterocycles. The normalized spacial score (nSPS) is 12.2. The Balaban J connectivity index is 2.68. The molecule has 1 aromatic rings. The van der Waals surface area contributed by atoms with Gasteiger partial charge in [0.25, 0.3) is 5.69 Å². The molecule has 0 spiro atoms. The van der Waals surface area contributed by atoms with E-state index in [2.05, 4.69) is 19.2 Å². The van der Waals surface area contributed by atoms with Gasteiger partial charge in [0.2, 0.25) is 5.91 Å². The number of rotatable bonds is 7. The van der Waals surface area contributed by atoms with E-state index in [0.29, 0.717) is 24.6 Å². The molecule has 0 aliphatic heterocycles. The molecule has 6 nitrogen and oxygen atoms in total. The Morgan fingerprint density at radius 2 is 2.14 bits per heavy atom. The van der Waals surface area contributed by atoms with Crippen LogP contribution in [0.15, 0.2) is 18.2 Å². The SMILES string of the molecule is CC(C)CC(CN)CC(=O)Nc1ccc([N+](=O)[O-])cc1Cl. The van der Waals surface area contributed by atoms with Crippen LogP contribution in [-0.4, -0.2) is 17.4 Å². The van der Waals surface area contributed by atoms with Gasteiger partial charge in [0, 0.05) is 18.6 Å². The number of hydrogen-bond acceptors (Lipinski definition) is 4. The van der Waals surface area contributed by atoms with E-state index in [9.17, 15) is 14.9 Å². The lowest BCUT2D eigenvalue weighted by atomic mass is 9.94. The first-order valence-electron chi connectivity index (χ1n) is 6.77. The third-order valence-electron chi connectivity index (χ3n) is 3.05. The monoisotopic (exact) mass is 313 g/mol. The molecule has 116 valence electrons. The third-order valence-corrected chi connectivity index (χ3v) is 3.36. The molecule has 3 N–H and O–H groups in total. The van der Waals surface area contributed by atoms with Crippen molar-refractivity contribution in [2.75, 3.05) is 11.9 Å². The van der Waals surface area contributed by atoms with Gasteiger partial charge in [-0.1, -0.05) is 25.4 Å². The molecule has 1 rings (SSSR count). The number of halogens is 1. The molecule has 1 atom stereocenters. The van der Waals surface area contributed by atoms with Crippen LogP contribution in [0.3, 0.4) is 0 Å². The summed E-state index contributed by atoms with van der Waals surface area (Å²) in [7, 11) is 0. The van der Waals surface area contributed by atoms with E-state index in [4.69, 9.17) is 17.3 Å². The number of carbonyl (C=O) groups excluding carboxylic acids is 1. The number of amides is 1. The van der Waals surface area contributed by atoms with Gasteiger partial charge in [0.05, 0.1) is 15.6 Å². The maximum atomic E-state index is 12.0. The summed E-state index contributed by atoms with van der Waals surface area (Å²) in [5.41, 5.74) is 5.92. The standard InChI is InChI=1S/C14H20ClN3O3/c1-9(2)5-10(8-16)6-14(19)17-13-4-3-11(18(20)21)7-12(13)15/h3-4,7,9-10H,5-6,8,16H2,1-2H3,(H,17,19). The number of hydrogen-bond donors (Lipinski definition) is 2. The zero-order valence-corrected chi connectivity index (χ0v) is 12.9. The molecule has 0 aromatic heterocycles. The fraction of sp³-hybridized carbons (Fsp3) is 0.500. The second kappa shape index (κ2) is 7.95. The molecule has 0 aliphatic rings. The maximum Gasteiger partial charge on any atom is 0.271 e. The Kier molecular flexibility index (Phi) is 6.58. The highest BCUT2D eigenvalue weighted by Crippen LogP contribution is 2.27. The number of anilines is 1. The van der Waals surface area contributed by atoms with Crippen molar-refractivity contribution in [2.45, 2.75) is 26.7 Å². The molecule has 0 heterocycles. The van der Waals surface area contributed by atoms with E-state index in [1.54, 1.807) is 0 Å². The van der Waals surface area contributed by atoms with E-state index < -0.39 is 4.92 Å². The first-order valence-corrected chi connectivity index (χ1v) is 7.15. The van der Waals surface area contributed by atoms with Crippen LogP contribution in [0.25, 0.3) is 0 Å². The molecule has 0 saturated carbocycles. The Morgan fingerprint density at radius 3 is 2.62 bits per heavy atom. The predicted octanol–water partition coefficient (Wildman–Crippen LogP) is 3.20. The quantitative estimate of drug-likeness (QED) is 0.596. The van der Waals surface area contributed by atoms with E-state index in [1.807, 2.05) is 0 Å². The molecule has 0 fully saturated rings. The minimum atomic E-state index is -0.537. The third kappa shape index (κ3) is 5.69. The summed E-state index contributed by atoms with van der Waals surface area (Å²) in [5.74, 6) is 0.387. The molecular formula is C14H20ClN3O3. The fourth-order valence-corrected chi connectivity index (χ4v) is 2.33. The van der Waals surface area contributed by atoms with E-state index in [0.717, 1.165) is 6.42 Å². The van der Waals surface area contributed by atoms with Crippen molar-refractivity contribution in [1.29, 1.82) is 0 Å². The van der Waals surface area contributed by atoms with E-state index in [1.165, 1.54) is 18.2 Å². The van der Waals surface area contributed by atoms with Gasteiger partial charge in [-0.25, -0.2) is 0 Å². The minimum Gasteiger partial charge on any atom is -0.330 e. The Hall–Kier alpha value is -1.66. The van der Waals surface area contributed by atoms with Crippen LogP contribution < -0.4 is 11.1 Å². The summed E-state index contributed by atoms with van der Waals surface area (Å²) < 4.78 is 0. The number of nitrogens with one attached hydrogen (secondary N) is 1. The first-order chi connectivity index (χ1) is 9.83. The van der Waals surface area contributed by atoms with E-state index in [-0.39, 0.29) is 22.5 Å². The largest absolute Gasteiger partial charge is 0.330 e. The summed E-state index contributed by atoms with van der Waals surface area (Å²) in [6.45, 7) is 4.60. The summed E-state index contributed by atoms with van der Waals surface area (Å²) in [4.78, 5) is 22.1. The molecule has 0 bridgehead atoms. The van der Waals surface area contributed by atoms with Crippen LogP contribution >= 0.6 is 11.6 Å². The second-order valence-electron chi connectivity index (χ2n) is 5.40. The van der Waals surface area contributed by atoms with Gasteiger partial charge in [0.15, 0.2) is 0 Å². The van der Waals surface area contributed by atoms with Crippen molar-refractivity contribution in [3.63, 3.8) is 0 Å². The van der Waals surface area contributed by atoms with Crippen LogP contribution in [-0.2, 0) is 4.79 Å². The van der Waals surface area contributed by atoms with Crippen molar-refractivity contribution in [2.24, 2.45) is 17.6 Å². The fourth-order valence-electron chi connectivity index (χ4n) is 2.11. The number of benzene rings is 1. The molecule has 0 aliphatic carbocycles. The van der Waals surface area contributed by atoms with Gasteiger partial charge in [-0.05, 0) is 30.9 Å². The lowest BCUT2D eigenvalue weighted by Gasteiger charge is -2.16. The molecule has 0 radical (unpaired) electrons. The van der Waals surface area contributed by atoms with Crippen LogP contribution in [0.4, 0.5) is 11.4 Å². The molecule has 7 heteroatoms. The number of nitrogens with two attached hydrogens (primary N) is 1. The van der Waals surface area contributed by atoms with Crippen molar-refractivity contribution in [3.8, 4) is 0 Å². The highest BCUT2D eigenvalue weighted by Gasteiger charge is 2.16. The predicted molar refractivity (Wildman–Crippen MR) is 83.4 cm³/mol. The number of nitro benzene ring substituents is 1. The summed E-state index contributed by atoms with van der Waals surface area (Å²) in [5, 5.41) is 13.4. The molecule has 1 aromatic carbocycles. The summed E-state index contributed by atoms with van der Waals surface area (Å²) >= 11 is 5.93. The average Bonchev–Trinajstić information content (AvgIpc) is 2.39. The molecule has 21 heavy (non-hydrogen) atoms. The number of nitrogens with zero attached hydrogens (tertiary/aromatic N) is 1. The smallest absolute Gasteiger partial charge is 0.271 e. The molecule has 1 unspecified atom stereocenters. The van der Waals surface area contributed by atoms with E-state index >= 15 is 0 Å². The van der Waals surface area contributed by atoms with Gasteiger partial charge in [-0.3, -0.25) is 14.9 Å². The van der Waals surface area contributed by atoms with Gasteiger partial charge in [-0.2, -0.15) is 0 Å². The summed E-state index contributed by atoms with van der Waals surface area (Å²) in [6, 6.07) is 3.94. The highest BCUT2D eigenvalue weighted by molar-refractivity contribution is 6.33. The van der Waals surface area contributed by atoms with Crippen molar-refractivity contribution in [1.82, 2.24) is 0 Å². The number of non-ortho nitro benzene ring substituents is 1. The lowest BCUT2D eigenvalue weighted by molar-refractivity contribution is -0.384. The highest BCUT2D eigenvalue weighted by atomic mass is 35.5. The number of nitro groups is 1. The van der Waals surface area contributed by atoms with Crippen LogP contribution in [0.1, 0.15) is 26.7 Å². The van der Waals surface area contributed by atoms with Gasteiger partial charge in [0.1, 0.15) is 0 Å². The lowest BCUT2D eigenvalue weighted by Crippen LogP contribution is -2.23. The topological polar surface area (TPSA) is 98.3 Å². The van der Waals surface area contributed by atoms with Gasteiger partial charge >= 0.3 is 0 Å². The summed E-state index contributed by atoms with van der Waals surface area (Å²) in [6.07, 6.45) is 1.18. The minimum absolute atomic E-state index is 0.113. The van der Waals surface area contributed by atoms with Crippen molar-refractivity contribution >= 4 is 28.9 Å². The Labute approximate surface area is 128 Å². The van der Waals surface area contributed by atoms with Crippen molar-refractivity contribution in [3.05, 3.63) is 33.3 Å². The Bertz CT molecular complexity index is 520. The number of carbonyl (C=O) groups is 1. The maximum absolute atomic E-state index is 12.0. The second-order valence-corrected chi connectivity index (χ2v) is 5.81. The zero-order valence-electron chi connectivity index (χ0n) is 12.1. The average molecular weight is 314 g/mol. The van der Waals surface area contributed by atoms with Crippen LogP contribution in [0, 0.1) is 22.0 Å².